The van der Waals surface area contributed by atoms with Crippen LogP contribution in [0.4, 0.5) is 15.3 Å². The average molecular weight is 1200 g/mol. The lowest BCUT2D eigenvalue weighted by Gasteiger charge is -2.41. The van der Waals surface area contributed by atoms with E-state index in [1.165, 1.54) is 26.0 Å². The Hall–Kier alpha value is -6.82. The molecule has 0 spiro atoms. The van der Waals surface area contributed by atoms with Gasteiger partial charge in [0.25, 0.3) is 11.8 Å². The standard InChI is InChI=1S/C61H96N8O16/c1-15-38(8)56(48(82-13)33-52(76)68-30-18-20-45(68)57(83-14)39(9)40(10)70)66(11)59(79)44(35(2)3)32-47(72)55(37(6)7)67(12)61(81)84-34-41-23-25-43(26-24-41)64-58(78)42(19-17-29-63-60(62)80)31-46(71)54(36(4)5)65-49(73)21-16-22-53(77)85-69-50(74)27-28-51(69)75/h23-26,35-39,42,44-45,48,54-57H,15-22,27-34H2,1-14H3,(H,64,78)(H,65,73)(H3,62,63,80)/t38-,39-,42+,44-,45-,48+,54?,55-,56?,57+/m0/s1. The SMILES string of the molecule is CC[C@H](C)C([C@@H](CC(=O)N1CCC[C@H]1[C@H](OC)[C@@H](C)C(C)=O)OC)N(C)C(=O)[C@@H](CC(=O)[C@H](C(C)C)N(C)C(=O)OCc1ccc(NC(=O)[C@H](CCCNC(N)=O)CC(=O)C(NC(=O)CCCC(=O)ON2C(=O)CCC2=O)C(C)C)cc1)C(C)C. The molecule has 476 valence electrons. The van der Waals surface area contributed by atoms with Gasteiger partial charge in [0.1, 0.15) is 12.4 Å². The van der Waals surface area contributed by atoms with Crippen LogP contribution in [0, 0.1) is 41.4 Å². The number of urea groups is 1. The summed E-state index contributed by atoms with van der Waals surface area (Å²) in [6.45, 7) is 18.5. The fourth-order valence-corrected chi connectivity index (χ4v) is 11.2. The van der Waals surface area contributed by atoms with Crippen LogP contribution in [-0.4, -0.2) is 168 Å². The molecule has 2 aliphatic heterocycles. The molecule has 0 bridgehead atoms. The normalized spacial score (nSPS) is 17.5. The van der Waals surface area contributed by atoms with Crippen LogP contribution < -0.4 is 21.7 Å². The summed E-state index contributed by atoms with van der Waals surface area (Å²) in [7, 11) is 6.23. The monoisotopic (exact) mass is 1200 g/mol. The zero-order valence-electron chi connectivity index (χ0n) is 52.5. The van der Waals surface area contributed by atoms with Crippen molar-refractivity contribution in [2.24, 2.45) is 47.2 Å². The van der Waals surface area contributed by atoms with Crippen LogP contribution in [0.25, 0.3) is 0 Å². The highest BCUT2D eigenvalue weighted by Gasteiger charge is 2.44. The van der Waals surface area contributed by atoms with E-state index >= 15 is 0 Å². The van der Waals surface area contributed by atoms with E-state index in [1.807, 2.05) is 34.6 Å². The number of ether oxygens (including phenoxy) is 3. The molecule has 85 heavy (non-hydrogen) atoms. The summed E-state index contributed by atoms with van der Waals surface area (Å²) >= 11 is 0. The van der Waals surface area contributed by atoms with Crippen molar-refractivity contribution in [3.63, 3.8) is 0 Å². The molecule has 3 rings (SSSR count). The third kappa shape index (κ3) is 21.6. The zero-order chi connectivity index (χ0) is 64.0. The number of amides is 9. The van der Waals surface area contributed by atoms with E-state index in [9.17, 15) is 57.5 Å². The predicted molar refractivity (Wildman–Crippen MR) is 314 cm³/mol. The van der Waals surface area contributed by atoms with E-state index in [0.29, 0.717) is 35.7 Å². The van der Waals surface area contributed by atoms with Crippen LogP contribution in [0.2, 0.25) is 0 Å². The molecule has 2 saturated heterocycles. The number of rotatable bonds is 36. The van der Waals surface area contributed by atoms with E-state index in [1.54, 1.807) is 75.9 Å². The Morgan fingerprint density at radius 2 is 1.41 bits per heavy atom. The minimum absolute atomic E-state index is 0.00577. The molecule has 5 N–H and O–H groups in total. The van der Waals surface area contributed by atoms with Gasteiger partial charge < -0.3 is 55.4 Å². The number of anilines is 1. The number of likely N-dealkylation sites (tertiary alicyclic amines) is 1. The first kappa shape index (κ1) is 72.4. The molecule has 0 aromatic heterocycles. The number of nitrogens with one attached hydrogen (secondary N) is 3. The molecule has 1 aromatic rings. The molecule has 0 aliphatic carbocycles. The second-order valence-electron chi connectivity index (χ2n) is 23.7. The van der Waals surface area contributed by atoms with E-state index in [4.69, 9.17) is 24.8 Å². The molecule has 24 heteroatoms. The third-order valence-electron chi connectivity index (χ3n) is 16.4. The van der Waals surface area contributed by atoms with Gasteiger partial charge in [-0.05, 0) is 80.4 Å². The molecule has 2 fully saturated rings. The van der Waals surface area contributed by atoms with Crippen molar-refractivity contribution in [1.82, 2.24) is 30.4 Å². The molecule has 2 heterocycles. The van der Waals surface area contributed by atoms with Gasteiger partial charge in [-0.15, -0.1) is 5.06 Å². The molecule has 2 unspecified atom stereocenters. The van der Waals surface area contributed by atoms with E-state index in [2.05, 4.69) is 16.0 Å². The van der Waals surface area contributed by atoms with Crippen molar-refractivity contribution in [1.29, 1.82) is 0 Å². The Morgan fingerprint density at radius 1 is 0.776 bits per heavy atom. The van der Waals surface area contributed by atoms with Crippen molar-refractivity contribution in [3.05, 3.63) is 29.8 Å². The number of hydrogen-bond donors (Lipinski definition) is 4. The van der Waals surface area contributed by atoms with E-state index < -0.39 is 102 Å². The quantitative estimate of drug-likeness (QED) is 0.0449. The van der Waals surface area contributed by atoms with Crippen LogP contribution in [0.3, 0.4) is 0 Å². The number of Topliss-reactive ketones (excluding diaryl/α,β-unsaturated/α-hetero) is 3. The lowest BCUT2D eigenvalue weighted by Crippen LogP contribution is -2.54. The number of benzene rings is 1. The first-order chi connectivity index (χ1) is 40.0. The van der Waals surface area contributed by atoms with Crippen molar-refractivity contribution >= 4 is 76.6 Å². The fraction of sp³-hybridized carbons (Fsp3) is 0.705. The van der Waals surface area contributed by atoms with Gasteiger partial charge in [0, 0.05) is 103 Å². The van der Waals surface area contributed by atoms with Crippen molar-refractivity contribution < 1.29 is 76.6 Å². The van der Waals surface area contributed by atoms with Gasteiger partial charge in [-0.2, -0.15) is 0 Å². The molecule has 2 aliphatic rings. The summed E-state index contributed by atoms with van der Waals surface area (Å²) < 4.78 is 17.5. The summed E-state index contributed by atoms with van der Waals surface area (Å²) in [6.07, 6.45) is -0.402. The van der Waals surface area contributed by atoms with Gasteiger partial charge in [0.05, 0.1) is 42.8 Å². The predicted octanol–water partition coefficient (Wildman–Crippen LogP) is 5.90. The molecule has 1 aromatic carbocycles. The molecule has 10 atom stereocenters. The molecule has 24 nitrogen and oxygen atoms in total. The molecule has 0 saturated carbocycles. The minimum atomic E-state index is -0.995. The number of hydroxylamine groups is 2. The molecular formula is C61H96N8O16. The fourth-order valence-electron chi connectivity index (χ4n) is 11.2. The lowest BCUT2D eigenvalue weighted by atomic mass is 9.83. The van der Waals surface area contributed by atoms with Crippen LogP contribution in [-0.2, 0) is 73.6 Å². The number of methoxy groups -OCH3 is 2. The largest absolute Gasteiger partial charge is 0.445 e. The van der Waals surface area contributed by atoms with Gasteiger partial charge in [-0.25, -0.2) is 14.4 Å². The number of nitrogens with two attached hydrogens (primary N) is 1. The van der Waals surface area contributed by atoms with E-state index in [0.717, 1.165) is 6.42 Å². The summed E-state index contributed by atoms with van der Waals surface area (Å²) in [6, 6.07) is 2.89. The lowest BCUT2D eigenvalue weighted by molar-refractivity contribution is -0.197. The number of ketones is 3. The number of carbonyl (C=O) groups is 12. The number of primary amides is 1. The number of carbonyl (C=O) groups excluding carboxylic acids is 12. The Labute approximate surface area is 501 Å². The summed E-state index contributed by atoms with van der Waals surface area (Å²) in [5.74, 6) is -7.67. The Bertz CT molecular complexity index is 2470. The van der Waals surface area contributed by atoms with Gasteiger partial charge in [0.15, 0.2) is 11.6 Å². The highest BCUT2D eigenvalue weighted by Crippen LogP contribution is 2.32. The maximum Gasteiger partial charge on any atom is 0.410 e. The minimum Gasteiger partial charge on any atom is -0.445 e. The van der Waals surface area contributed by atoms with Gasteiger partial charge >= 0.3 is 18.1 Å². The highest BCUT2D eigenvalue weighted by atomic mass is 16.7. The maximum absolute atomic E-state index is 14.7. The zero-order valence-corrected chi connectivity index (χ0v) is 52.5. The van der Waals surface area contributed by atoms with E-state index in [-0.39, 0.29) is 125 Å². The second-order valence-corrected chi connectivity index (χ2v) is 23.7. The van der Waals surface area contributed by atoms with Crippen molar-refractivity contribution in [2.45, 2.75) is 196 Å². The first-order valence-electron chi connectivity index (χ1n) is 29.9. The van der Waals surface area contributed by atoms with Crippen molar-refractivity contribution in [2.75, 3.05) is 46.7 Å². The second kappa shape index (κ2) is 35.0. The van der Waals surface area contributed by atoms with Crippen LogP contribution in [0.1, 0.15) is 158 Å². The van der Waals surface area contributed by atoms with Crippen LogP contribution >= 0.6 is 0 Å². The Kier molecular flexibility index (Phi) is 29.8. The smallest absolute Gasteiger partial charge is 0.410 e. The summed E-state index contributed by atoms with van der Waals surface area (Å²) in [5, 5.41) is 8.41. The van der Waals surface area contributed by atoms with Gasteiger partial charge in [-0.1, -0.05) is 80.9 Å². The summed E-state index contributed by atoms with van der Waals surface area (Å²) in [5.41, 5.74) is 6.13. The highest BCUT2D eigenvalue weighted by molar-refractivity contribution is 6.02. The Morgan fingerprint density at radius 3 is 1.95 bits per heavy atom. The number of nitrogens with zero attached hydrogens (tertiary/aromatic N) is 4. The number of likely N-dealkylation sites (N-methyl/N-ethyl adjacent to an activating group) is 2. The van der Waals surface area contributed by atoms with Crippen LogP contribution in [0.15, 0.2) is 24.3 Å². The summed E-state index contributed by atoms with van der Waals surface area (Å²) in [4.78, 5) is 167. The topological polar surface area (TPSA) is 317 Å². The number of imide groups is 1. The number of hydrogen-bond acceptors (Lipinski definition) is 16. The van der Waals surface area contributed by atoms with Gasteiger partial charge in [-0.3, -0.25) is 43.2 Å². The molecule has 0 radical (unpaired) electrons. The Balaban J connectivity index is 1.67. The average Bonchev–Trinajstić information content (AvgIpc) is 3.61. The molecule has 9 amide bonds. The van der Waals surface area contributed by atoms with Crippen molar-refractivity contribution in [3.8, 4) is 0 Å². The maximum atomic E-state index is 14.7. The molecular weight excluding hydrogens is 1100 g/mol. The van der Waals surface area contributed by atoms with Crippen LogP contribution in [0.5, 0.6) is 0 Å². The first-order valence-corrected chi connectivity index (χ1v) is 29.9. The third-order valence-corrected chi connectivity index (χ3v) is 16.4. The van der Waals surface area contributed by atoms with Gasteiger partial charge in [0.2, 0.25) is 23.6 Å².